The van der Waals surface area contributed by atoms with Crippen molar-refractivity contribution in [3.63, 3.8) is 0 Å². The first kappa shape index (κ1) is 21.0. The average Bonchev–Trinajstić information content (AvgIpc) is 3.01. The largest absolute Gasteiger partial charge is 0.459 e. The number of carbonyl (C=O) groups is 2. The standard InChI is InChI=1S/C21H28FN3O4/c1-12(2)18(19-13(3)16-10-14(22)7-8-17(16)29-19)24-20(26)23-15-6-5-9-25(11-15)21(27)28-4/h7-8,10,12,15,18H,5-6,9,11H2,1-4H3,(H2,23,24,26)/t15?,18-/m0/s1. The van der Waals surface area contributed by atoms with Crippen molar-refractivity contribution in [3.05, 3.63) is 35.3 Å². The van der Waals surface area contributed by atoms with Crippen LogP contribution in [0.15, 0.2) is 22.6 Å². The van der Waals surface area contributed by atoms with Gasteiger partial charge in [-0.05, 0) is 43.9 Å². The van der Waals surface area contributed by atoms with Crippen LogP contribution in [0.2, 0.25) is 0 Å². The van der Waals surface area contributed by atoms with Crippen LogP contribution in [-0.4, -0.2) is 43.3 Å². The number of likely N-dealkylation sites (tertiary alicyclic amines) is 1. The first-order valence-corrected chi connectivity index (χ1v) is 9.88. The zero-order valence-corrected chi connectivity index (χ0v) is 17.3. The number of benzene rings is 1. The lowest BCUT2D eigenvalue weighted by Crippen LogP contribution is -2.52. The number of rotatable bonds is 4. The highest BCUT2D eigenvalue weighted by molar-refractivity contribution is 5.82. The quantitative estimate of drug-likeness (QED) is 0.802. The van der Waals surface area contributed by atoms with Crippen molar-refractivity contribution in [2.24, 2.45) is 5.92 Å². The number of fused-ring (bicyclic) bond motifs is 1. The second-order valence-electron chi connectivity index (χ2n) is 7.83. The minimum atomic E-state index is -0.387. The fourth-order valence-electron chi connectivity index (χ4n) is 3.80. The van der Waals surface area contributed by atoms with Crippen molar-refractivity contribution < 1.29 is 23.1 Å². The van der Waals surface area contributed by atoms with E-state index in [0.29, 0.717) is 29.8 Å². The highest BCUT2D eigenvalue weighted by Crippen LogP contribution is 2.33. The number of furan rings is 1. The molecule has 2 heterocycles. The molecule has 2 atom stereocenters. The Morgan fingerprint density at radius 3 is 2.79 bits per heavy atom. The summed E-state index contributed by atoms with van der Waals surface area (Å²) in [6.45, 7) is 6.87. The van der Waals surface area contributed by atoms with E-state index < -0.39 is 0 Å². The maximum absolute atomic E-state index is 13.6. The van der Waals surface area contributed by atoms with Crippen molar-refractivity contribution in [1.82, 2.24) is 15.5 Å². The van der Waals surface area contributed by atoms with E-state index in [1.54, 1.807) is 11.0 Å². The van der Waals surface area contributed by atoms with Crippen molar-refractivity contribution in [1.29, 1.82) is 0 Å². The minimum absolute atomic E-state index is 0.0581. The lowest BCUT2D eigenvalue weighted by Gasteiger charge is -2.32. The summed E-state index contributed by atoms with van der Waals surface area (Å²) in [5.74, 6) is 0.352. The Labute approximate surface area is 169 Å². The molecule has 1 fully saturated rings. The van der Waals surface area contributed by atoms with Crippen LogP contribution in [0, 0.1) is 18.7 Å². The molecular weight excluding hydrogens is 377 g/mol. The van der Waals surface area contributed by atoms with E-state index in [1.807, 2.05) is 20.8 Å². The summed E-state index contributed by atoms with van der Waals surface area (Å²) in [7, 11) is 1.35. The van der Waals surface area contributed by atoms with Crippen molar-refractivity contribution >= 4 is 23.1 Å². The van der Waals surface area contributed by atoms with Crippen LogP contribution in [0.5, 0.6) is 0 Å². The van der Waals surface area contributed by atoms with Gasteiger partial charge >= 0.3 is 12.1 Å². The van der Waals surface area contributed by atoms with Crippen LogP contribution in [0.3, 0.4) is 0 Å². The van der Waals surface area contributed by atoms with Crippen LogP contribution >= 0.6 is 0 Å². The van der Waals surface area contributed by atoms with Gasteiger partial charge in [-0.25, -0.2) is 14.0 Å². The number of amides is 3. The van der Waals surface area contributed by atoms with E-state index in [-0.39, 0.29) is 35.9 Å². The summed E-state index contributed by atoms with van der Waals surface area (Å²) >= 11 is 0. The molecule has 2 N–H and O–H groups in total. The molecule has 2 aromatic rings. The van der Waals surface area contributed by atoms with Gasteiger partial charge in [-0.15, -0.1) is 0 Å². The highest BCUT2D eigenvalue weighted by atomic mass is 19.1. The topological polar surface area (TPSA) is 83.8 Å². The second-order valence-corrected chi connectivity index (χ2v) is 7.83. The summed E-state index contributed by atoms with van der Waals surface area (Å²) in [5.41, 5.74) is 1.40. The Morgan fingerprint density at radius 2 is 2.10 bits per heavy atom. The lowest BCUT2D eigenvalue weighted by molar-refractivity contribution is 0.108. The third kappa shape index (κ3) is 4.63. The molecule has 3 amide bonds. The molecule has 1 aliphatic rings. The van der Waals surface area contributed by atoms with Gasteiger partial charge in [0.25, 0.3) is 0 Å². The summed E-state index contributed by atoms with van der Waals surface area (Å²) in [6, 6.07) is 3.55. The summed E-state index contributed by atoms with van der Waals surface area (Å²) in [6.07, 6.45) is 1.19. The molecule has 1 aromatic carbocycles. The maximum atomic E-state index is 13.6. The van der Waals surface area contributed by atoms with Gasteiger partial charge in [0.05, 0.1) is 13.2 Å². The molecule has 0 radical (unpaired) electrons. The predicted octanol–water partition coefficient (Wildman–Crippen LogP) is 4.11. The van der Waals surface area contributed by atoms with Crippen molar-refractivity contribution in [2.75, 3.05) is 20.2 Å². The molecule has 1 aliphatic heterocycles. The number of urea groups is 1. The number of nitrogens with zero attached hydrogens (tertiary/aromatic N) is 1. The summed E-state index contributed by atoms with van der Waals surface area (Å²) < 4.78 is 24.3. The van der Waals surface area contributed by atoms with Crippen LogP contribution in [0.4, 0.5) is 14.0 Å². The van der Waals surface area contributed by atoms with E-state index in [9.17, 15) is 14.0 Å². The monoisotopic (exact) mass is 405 g/mol. The lowest BCUT2D eigenvalue weighted by atomic mass is 9.98. The molecule has 1 aromatic heterocycles. The third-order valence-electron chi connectivity index (χ3n) is 5.36. The zero-order valence-electron chi connectivity index (χ0n) is 17.3. The van der Waals surface area contributed by atoms with E-state index in [4.69, 9.17) is 9.15 Å². The Morgan fingerprint density at radius 1 is 1.34 bits per heavy atom. The molecular formula is C21H28FN3O4. The van der Waals surface area contributed by atoms with E-state index in [2.05, 4.69) is 10.6 Å². The number of aryl methyl sites for hydroxylation is 1. The summed E-state index contributed by atoms with van der Waals surface area (Å²) in [5, 5.41) is 6.63. The maximum Gasteiger partial charge on any atom is 0.409 e. The minimum Gasteiger partial charge on any atom is -0.459 e. The summed E-state index contributed by atoms with van der Waals surface area (Å²) in [4.78, 5) is 26.0. The van der Waals surface area contributed by atoms with Gasteiger partial charge in [0.1, 0.15) is 17.2 Å². The molecule has 3 rings (SSSR count). The average molecular weight is 405 g/mol. The fourth-order valence-corrected chi connectivity index (χ4v) is 3.80. The molecule has 0 aliphatic carbocycles. The number of hydrogen-bond acceptors (Lipinski definition) is 4. The highest BCUT2D eigenvalue weighted by Gasteiger charge is 2.28. The number of methoxy groups -OCH3 is 1. The first-order valence-electron chi connectivity index (χ1n) is 9.88. The van der Waals surface area contributed by atoms with Gasteiger partial charge in [-0.3, -0.25) is 0 Å². The van der Waals surface area contributed by atoms with E-state index in [1.165, 1.54) is 19.2 Å². The van der Waals surface area contributed by atoms with Crippen LogP contribution in [0.1, 0.15) is 44.1 Å². The van der Waals surface area contributed by atoms with Gasteiger partial charge in [0, 0.05) is 30.1 Å². The number of hydrogen-bond donors (Lipinski definition) is 2. The molecule has 0 saturated carbocycles. The van der Waals surface area contributed by atoms with Gasteiger partial charge < -0.3 is 24.7 Å². The predicted molar refractivity (Wildman–Crippen MR) is 107 cm³/mol. The Hall–Kier alpha value is -2.77. The number of halogens is 1. The molecule has 0 spiro atoms. The first-order chi connectivity index (χ1) is 13.8. The number of piperidine rings is 1. The Balaban J connectivity index is 1.72. The molecule has 8 heteroatoms. The van der Waals surface area contributed by atoms with E-state index in [0.717, 1.165) is 18.4 Å². The van der Waals surface area contributed by atoms with Crippen LogP contribution in [0.25, 0.3) is 11.0 Å². The molecule has 1 unspecified atom stereocenters. The van der Waals surface area contributed by atoms with Gasteiger partial charge in [0.15, 0.2) is 0 Å². The molecule has 0 bridgehead atoms. The van der Waals surface area contributed by atoms with E-state index >= 15 is 0 Å². The molecule has 1 saturated heterocycles. The smallest absolute Gasteiger partial charge is 0.409 e. The zero-order chi connectivity index (χ0) is 21.1. The Kier molecular flexibility index (Phi) is 6.30. The fraction of sp³-hybridized carbons (Fsp3) is 0.524. The number of ether oxygens (including phenoxy) is 1. The van der Waals surface area contributed by atoms with Crippen molar-refractivity contribution in [2.45, 2.75) is 45.7 Å². The van der Waals surface area contributed by atoms with Gasteiger partial charge in [0.2, 0.25) is 0 Å². The second kappa shape index (κ2) is 8.71. The SMILES string of the molecule is COC(=O)N1CCCC(NC(=O)N[C@H](c2oc3ccc(F)cc3c2C)C(C)C)C1. The third-order valence-corrected chi connectivity index (χ3v) is 5.36. The Bertz CT molecular complexity index is 895. The van der Waals surface area contributed by atoms with Crippen molar-refractivity contribution in [3.8, 4) is 0 Å². The number of carbonyl (C=O) groups excluding carboxylic acids is 2. The number of nitrogens with one attached hydrogen (secondary N) is 2. The van der Waals surface area contributed by atoms with Gasteiger partial charge in [-0.2, -0.15) is 0 Å². The van der Waals surface area contributed by atoms with Crippen LogP contribution in [-0.2, 0) is 4.74 Å². The normalized spacial score (nSPS) is 18.0. The molecule has 29 heavy (non-hydrogen) atoms. The molecule has 158 valence electrons. The molecule has 7 nitrogen and oxygen atoms in total. The van der Waals surface area contributed by atoms with Crippen LogP contribution < -0.4 is 10.6 Å². The van der Waals surface area contributed by atoms with Gasteiger partial charge in [-0.1, -0.05) is 13.8 Å².